The average Bonchev–Trinajstić information content (AvgIpc) is 2.82. The molecular formula is C26H19F3O6. The second-order valence-corrected chi connectivity index (χ2v) is 7.36. The fourth-order valence-electron chi connectivity index (χ4n) is 3.35. The lowest BCUT2D eigenvalue weighted by Crippen LogP contribution is -2.16. The van der Waals surface area contributed by atoms with Crippen LogP contribution in [0.15, 0.2) is 82.0 Å². The minimum atomic E-state index is -5.04. The molecule has 6 nitrogen and oxygen atoms in total. The second-order valence-electron chi connectivity index (χ2n) is 7.36. The molecule has 0 fully saturated rings. The topological polar surface area (TPSA) is 75.0 Å². The number of benzene rings is 3. The molecule has 0 saturated heterocycles. The van der Waals surface area contributed by atoms with Crippen molar-refractivity contribution < 1.29 is 36.6 Å². The Morgan fingerprint density at radius 1 is 0.943 bits per heavy atom. The van der Waals surface area contributed by atoms with Crippen molar-refractivity contribution in [2.24, 2.45) is 0 Å². The maximum atomic E-state index is 13.8. The third-order valence-corrected chi connectivity index (χ3v) is 4.86. The first-order valence-corrected chi connectivity index (χ1v) is 10.6. The van der Waals surface area contributed by atoms with Crippen LogP contribution >= 0.6 is 0 Å². The lowest BCUT2D eigenvalue weighted by atomic mass is 10.1. The van der Waals surface area contributed by atoms with Crippen molar-refractivity contribution >= 4 is 16.9 Å². The van der Waals surface area contributed by atoms with Crippen molar-refractivity contribution in [3.63, 3.8) is 0 Å². The molecule has 1 aromatic heterocycles. The Labute approximate surface area is 197 Å². The molecular weight excluding hydrogens is 465 g/mol. The first-order valence-electron chi connectivity index (χ1n) is 10.6. The maximum absolute atomic E-state index is 13.8. The number of hydrogen-bond acceptors (Lipinski definition) is 6. The molecule has 0 atom stereocenters. The van der Waals surface area contributed by atoms with Crippen molar-refractivity contribution in [1.29, 1.82) is 0 Å². The molecule has 4 aromatic rings. The molecule has 0 spiro atoms. The summed E-state index contributed by atoms with van der Waals surface area (Å²) in [5, 5.41) is -0.176. The van der Waals surface area contributed by atoms with Gasteiger partial charge in [-0.2, -0.15) is 13.2 Å². The van der Waals surface area contributed by atoms with E-state index >= 15 is 0 Å². The molecule has 0 aliphatic carbocycles. The van der Waals surface area contributed by atoms with E-state index in [1.807, 2.05) is 0 Å². The van der Waals surface area contributed by atoms with Crippen LogP contribution in [0.4, 0.5) is 13.2 Å². The van der Waals surface area contributed by atoms with Gasteiger partial charge in [-0.15, -0.1) is 0 Å². The molecule has 0 unspecified atom stereocenters. The van der Waals surface area contributed by atoms with Gasteiger partial charge in [0.1, 0.15) is 11.3 Å². The number of ether oxygens (including phenoxy) is 3. The summed E-state index contributed by atoms with van der Waals surface area (Å²) in [7, 11) is 0. The van der Waals surface area contributed by atoms with E-state index in [0.717, 1.165) is 6.07 Å². The highest BCUT2D eigenvalue weighted by molar-refractivity contribution is 5.82. The molecule has 0 bridgehead atoms. The molecule has 0 amide bonds. The van der Waals surface area contributed by atoms with Gasteiger partial charge in [0.05, 0.1) is 18.4 Å². The fourth-order valence-corrected chi connectivity index (χ4v) is 3.35. The van der Waals surface area contributed by atoms with Crippen molar-refractivity contribution in [3.8, 4) is 23.0 Å². The van der Waals surface area contributed by atoms with Crippen molar-refractivity contribution in [2.45, 2.75) is 19.5 Å². The Morgan fingerprint density at radius 2 is 1.63 bits per heavy atom. The number of carbonyl (C=O) groups is 1. The minimum absolute atomic E-state index is 0.0390. The van der Waals surface area contributed by atoms with E-state index in [1.165, 1.54) is 30.3 Å². The molecule has 180 valence electrons. The summed E-state index contributed by atoms with van der Waals surface area (Å²) in [6.45, 7) is 1.94. The van der Waals surface area contributed by atoms with Gasteiger partial charge in [0.2, 0.25) is 11.2 Å². The van der Waals surface area contributed by atoms with Crippen LogP contribution in [0, 0.1) is 0 Å². The molecule has 1 heterocycles. The normalized spacial score (nSPS) is 11.3. The number of fused-ring (bicyclic) bond motifs is 1. The quantitative estimate of drug-likeness (QED) is 0.231. The summed E-state index contributed by atoms with van der Waals surface area (Å²) < 4.78 is 62.5. The van der Waals surface area contributed by atoms with Gasteiger partial charge in [-0.1, -0.05) is 42.5 Å². The van der Waals surface area contributed by atoms with Crippen LogP contribution in [0.5, 0.6) is 23.0 Å². The number of carbonyl (C=O) groups excluding carboxylic acids is 1. The molecule has 0 aliphatic rings. The molecule has 35 heavy (non-hydrogen) atoms. The van der Waals surface area contributed by atoms with Gasteiger partial charge < -0.3 is 18.6 Å². The SMILES string of the molecule is CCOc1ccccc1Oc1c(C(F)(F)F)oc2cc(OC(=O)Cc3ccccc3)ccc2c1=O. The van der Waals surface area contributed by atoms with Crippen molar-refractivity contribution in [1.82, 2.24) is 0 Å². The highest BCUT2D eigenvalue weighted by Crippen LogP contribution is 2.40. The Hall–Kier alpha value is -4.27. The third-order valence-electron chi connectivity index (χ3n) is 4.86. The Morgan fingerprint density at radius 3 is 2.31 bits per heavy atom. The van der Waals surface area contributed by atoms with Gasteiger partial charge >= 0.3 is 12.1 Å². The zero-order valence-electron chi connectivity index (χ0n) is 18.4. The second kappa shape index (κ2) is 9.92. The first-order chi connectivity index (χ1) is 16.8. The maximum Gasteiger partial charge on any atom is 0.453 e. The van der Waals surface area contributed by atoms with E-state index < -0.39 is 34.7 Å². The summed E-state index contributed by atoms with van der Waals surface area (Å²) in [5.74, 6) is -3.23. The van der Waals surface area contributed by atoms with Gasteiger partial charge in [0, 0.05) is 6.07 Å². The Bertz CT molecular complexity index is 1410. The van der Waals surface area contributed by atoms with Gasteiger partial charge in [-0.3, -0.25) is 9.59 Å². The molecule has 0 saturated carbocycles. The van der Waals surface area contributed by atoms with Crippen LogP contribution < -0.4 is 19.6 Å². The van der Waals surface area contributed by atoms with Crippen LogP contribution in [-0.2, 0) is 17.4 Å². The standard InChI is InChI=1S/C26H19F3O6/c1-2-32-19-10-6-7-11-20(19)34-24-23(31)18-13-12-17(15-21(18)35-25(24)26(27,28)29)33-22(30)14-16-8-4-3-5-9-16/h3-13,15H,2,14H2,1H3. The minimum Gasteiger partial charge on any atom is -0.490 e. The summed E-state index contributed by atoms with van der Waals surface area (Å²) in [6.07, 6.45) is -5.08. The smallest absolute Gasteiger partial charge is 0.453 e. The Balaban J connectivity index is 1.71. The fraction of sp³-hybridized carbons (Fsp3) is 0.154. The largest absolute Gasteiger partial charge is 0.490 e. The molecule has 9 heteroatoms. The van der Waals surface area contributed by atoms with E-state index in [-0.39, 0.29) is 35.7 Å². The van der Waals surface area contributed by atoms with Crippen LogP contribution in [0.25, 0.3) is 11.0 Å². The number of halogens is 3. The van der Waals surface area contributed by atoms with E-state index in [0.29, 0.717) is 5.56 Å². The molecule has 0 aliphatic heterocycles. The number of para-hydroxylation sites is 2. The highest BCUT2D eigenvalue weighted by Gasteiger charge is 2.40. The number of esters is 1. The molecule has 4 rings (SSSR count). The summed E-state index contributed by atoms with van der Waals surface area (Å²) in [6, 6.07) is 18.4. The van der Waals surface area contributed by atoms with Crippen LogP contribution in [0.3, 0.4) is 0 Å². The summed E-state index contributed by atoms with van der Waals surface area (Å²) >= 11 is 0. The van der Waals surface area contributed by atoms with Crippen LogP contribution in [-0.4, -0.2) is 12.6 Å². The Kier molecular flexibility index (Phi) is 6.77. The lowest BCUT2D eigenvalue weighted by molar-refractivity contribution is -0.154. The zero-order valence-corrected chi connectivity index (χ0v) is 18.4. The van der Waals surface area contributed by atoms with Crippen LogP contribution in [0.1, 0.15) is 18.2 Å². The number of alkyl halides is 3. The van der Waals surface area contributed by atoms with Crippen LogP contribution in [0.2, 0.25) is 0 Å². The highest BCUT2D eigenvalue weighted by atomic mass is 19.4. The molecule has 0 N–H and O–H groups in total. The third kappa shape index (κ3) is 5.46. The summed E-state index contributed by atoms with van der Waals surface area (Å²) in [5.41, 5.74) is -0.733. The predicted octanol–water partition coefficient (Wildman–Crippen LogP) is 6.15. The zero-order chi connectivity index (χ0) is 25.0. The van der Waals surface area contributed by atoms with Crippen molar-refractivity contribution in [2.75, 3.05) is 6.61 Å². The predicted molar refractivity (Wildman–Crippen MR) is 121 cm³/mol. The average molecular weight is 484 g/mol. The van der Waals surface area contributed by atoms with E-state index in [1.54, 1.807) is 43.3 Å². The van der Waals surface area contributed by atoms with Gasteiger partial charge in [0.25, 0.3) is 5.76 Å². The van der Waals surface area contributed by atoms with Gasteiger partial charge in [-0.05, 0) is 36.8 Å². The summed E-state index contributed by atoms with van der Waals surface area (Å²) in [4.78, 5) is 25.2. The monoisotopic (exact) mass is 484 g/mol. The number of hydrogen-bond donors (Lipinski definition) is 0. The van der Waals surface area contributed by atoms with Gasteiger partial charge in [-0.25, -0.2) is 0 Å². The molecule has 3 aromatic carbocycles. The lowest BCUT2D eigenvalue weighted by Gasteiger charge is -2.15. The van der Waals surface area contributed by atoms with E-state index in [4.69, 9.17) is 18.6 Å². The van der Waals surface area contributed by atoms with Gasteiger partial charge in [0.15, 0.2) is 11.5 Å². The van der Waals surface area contributed by atoms with E-state index in [2.05, 4.69) is 0 Å². The molecule has 0 radical (unpaired) electrons. The number of rotatable bonds is 7. The first kappa shape index (κ1) is 23.9. The van der Waals surface area contributed by atoms with E-state index in [9.17, 15) is 22.8 Å². The van der Waals surface area contributed by atoms with Crippen molar-refractivity contribution in [3.05, 3.63) is 94.3 Å².